The lowest BCUT2D eigenvalue weighted by Gasteiger charge is -1.98. The van der Waals surface area contributed by atoms with E-state index < -0.39 is 12.6 Å². The van der Waals surface area contributed by atoms with E-state index in [1.807, 2.05) is 0 Å². The van der Waals surface area contributed by atoms with Crippen molar-refractivity contribution in [3.8, 4) is 0 Å². The number of alkyl halides is 3. The van der Waals surface area contributed by atoms with Gasteiger partial charge in [-0.1, -0.05) is 0 Å². The molecule has 0 rings (SSSR count). The molecular formula is C3H4F3Si. The molecule has 0 amide bonds. The summed E-state index contributed by atoms with van der Waals surface area (Å²) in [5.41, 5.74) is 0. The van der Waals surface area contributed by atoms with Crippen LogP contribution in [0.1, 0.15) is 0 Å². The fraction of sp³-hybridized carbons (Fsp3) is 1.00. The third-order valence-electron chi connectivity index (χ3n) is 0.468. The molecule has 0 aliphatic carbocycles. The summed E-state index contributed by atoms with van der Waals surface area (Å²) in [7, 11) is 2.60. The van der Waals surface area contributed by atoms with E-state index in [0.717, 1.165) is 0 Å². The van der Waals surface area contributed by atoms with Crippen molar-refractivity contribution in [2.45, 2.75) is 18.6 Å². The largest absolute Gasteiger partial charge is 0.269 e. The first-order valence-corrected chi connectivity index (χ1v) is 2.46. The fourth-order valence-electron chi connectivity index (χ4n) is 0.0891. The summed E-state index contributed by atoms with van der Waals surface area (Å²) in [5, 5.41) is 0. The van der Waals surface area contributed by atoms with Crippen LogP contribution in [0.2, 0.25) is 6.04 Å². The van der Waals surface area contributed by atoms with Gasteiger partial charge in [0.15, 0.2) is 6.17 Å². The summed E-state index contributed by atoms with van der Waals surface area (Å²) >= 11 is 0. The molecule has 0 aliphatic heterocycles. The van der Waals surface area contributed by atoms with Gasteiger partial charge in [0.25, 0.3) is 6.43 Å². The lowest BCUT2D eigenvalue weighted by atomic mass is 10.5. The van der Waals surface area contributed by atoms with Crippen LogP contribution in [-0.2, 0) is 0 Å². The van der Waals surface area contributed by atoms with Crippen molar-refractivity contribution in [3.05, 3.63) is 0 Å². The van der Waals surface area contributed by atoms with Crippen LogP contribution in [0.5, 0.6) is 0 Å². The highest BCUT2D eigenvalue weighted by Crippen LogP contribution is 2.06. The Hall–Kier alpha value is 0.00688. The molecular weight excluding hydrogens is 121 g/mol. The molecule has 1 unspecified atom stereocenters. The van der Waals surface area contributed by atoms with E-state index >= 15 is 0 Å². The Morgan fingerprint density at radius 3 is 1.71 bits per heavy atom. The molecule has 0 nitrogen and oxygen atoms in total. The monoisotopic (exact) mass is 125 g/mol. The van der Waals surface area contributed by atoms with E-state index in [0.29, 0.717) is 0 Å². The van der Waals surface area contributed by atoms with Crippen molar-refractivity contribution < 1.29 is 13.2 Å². The highest BCUT2D eigenvalue weighted by atomic mass is 28.1. The Morgan fingerprint density at radius 2 is 1.71 bits per heavy atom. The number of hydrogen-bond donors (Lipinski definition) is 0. The van der Waals surface area contributed by atoms with E-state index in [-0.39, 0.29) is 6.04 Å². The maximum atomic E-state index is 11.5. The zero-order valence-electron chi connectivity index (χ0n) is 3.50. The molecule has 0 aromatic rings. The van der Waals surface area contributed by atoms with Crippen molar-refractivity contribution in [2.24, 2.45) is 0 Å². The molecule has 0 N–H and O–H groups in total. The SMILES string of the molecule is FC(F)C(F)C[Si]. The van der Waals surface area contributed by atoms with Crippen molar-refractivity contribution in [3.63, 3.8) is 0 Å². The Kier molecular flexibility index (Phi) is 3.07. The zero-order valence-corrected chi connectivity index (χ0v) is 4.50. The van der Waals surface area contributed by atoms with Crippen LogP contribution in [0.15, 0.2) is 0 Å². The van der Waals surface area contributed by atoms with Gasteiger partial charge in [0.2, 0.25) is 0 Å². The van der Waals surface area contributed by atoms with Crippen LogP contribution in [0, 0.1) is 0 Å². The molecule has 7 heavy (non-hydrogen) atoms. The highest BCUT2D eigenvalue weighted by Gasteiger charge is 2.15. The average Bonchev–Trinajstić information content (AvgIpc) is 1.65. The molecule has 0 fully saturated rings. The summed E-state index contributed by atoms with van der Waals surface area (Å²) in [5.74, 6) is 0. The molecule has 0 saturated heterocycles. The molecule has 0 aliphatic rings. The van der Waals surface area contributed by atoms with Crippen LogP contribution in [0.3, 0.4) is 0 Å². The normalized spacial score (nSPS) is 15.0. The van der Waals surface area contributed by atoms with Crippen LogP contribution in [0.4, 0.5) is 13.2 Å². The molecule has 0 bridgehead atoms. The standard InChI is InChI=1S/C3H4F3Si/c4-2(1-7)3(5)6/h2-3H,1H2. The minimum Gasteiger partial charge on any atom is -0.242 e. The predicted molar refractivity (Wildman–Crippen MR) is 21.5 cm³/mol. The number of halogens is 3. The van der Waals surface area contributed by atoms with Crippen LogP contribution in [-0.4, -0.2) is 22.8 Å². The third-order valence-corrected chi connectivity index (χ3v) is 0.858. The average molecular weight is 125 g/mol. The van der Waals surface area contributed by atoms with Gasteiger partial charge in [0.05, 0.1) is 0 Å². The first-order chi connectivity index (χ1) is 3.18. The summed E-state index contributed by atoms with van der Waals surface area (Å²) < 4.78 is 33.5. The molecule has 41 valence electrons. The first kappa shape index (κ1) is 7.01. The maximum Gasteiger partial charge on any atom is 0.269 e. The van der Waals surface area contributed by atoms with Crippen molar-refractivity contribution in [2.75, 3.05) is 0 Å². The van der Waals surface area contributed by atoms with Gasteiger partial charge in [-0.2, -0.15) is 0 Å². The molecule has 3 radical (unpaired) electrons. The van der Waals surface area contributed by atoms with Crippen molar-refractivity contribution in [1.82, 2.24) is 0 Å². The summed E-state index contributed by atoms with van der Waals surface area (Å²) in [6.45, 7) is 0. The van der Waals surface area contributed by atoms with Gasteiger partial charge in [-0.3, -0.25) is 0 Å². The number of hydrogen-bond acceptors (Lipinski definition) is 0. The molecule has 0 aromatic heterocycles. The van der Waals surface area contributed by atoms with E-state index in [2.05, 4.69) is 10.2 Å². The topological polar surface area (TPSA) is 0 Å². The lowest BCUT2D eigenvalue weighted by molar-refractivity contribution is 0.0606. The molecule has 1 atom stereocenters. The van der Waals surface area contributed by atoms with Crippen LogP contribution < -0.4 is 0 Å². The lowest BCUT2D eigenvalue weighted by Crippen LogP contribution is -2.09. The Labute approximate surface area is 43.1 Å². The maximum absolute atomic E-state index is 11.5. The fourth-order valence-corrected chi connectivity index (χ4v) is 0.267. The van der Waals surface area contributed by atoms with E-state index in [4.69, 9.17) is 0 Å². The van der Waals surface area contributed by atoms with Gasteiger partial charge in [-0.05, 0) is 6.04 Å². The Bertz CT molecular complexity index is 47.4. The Morgan fingerprint density at radius 1 is 1.29 bits per heavy atom. The van der Waals surface area contributed by atoms with Crippen LogP contribution >= 0.6 is 0 Å². The molecule has 0 heterocycles. The minimum absolute atomic E-state index is 0.294. The van der Waals surface area contributed by atoms with E-state index in [1.165, 1.54) is 0 Å². The Balaban J connectivity index is 3.14. The molecule has 4 heteroatoms. The second kappa shape index (κ2) is 3.07. The summed E-state index contributed by atoms with van der Waals surface area (Å²) in [4.78, 5) is 0. The molecule has 0 saturated carbocycles. The smallest absolute Gasteiger partial charge is 0.242 e. The van der Waals surface area contributed by atoms with Crippen molar-refractivity contribution in [1.29, 1.82) is 0 Å². The van der Waals surface area contributed by atoms with E-state index in [9.17, 15) is 13.2 Å². The van der Waals surface area contributed by atoms with Crippen LogP contribution in [0.25, 0.3) is 0 Å². The zero-order chi connectivity index (χ0) is 5.86. The first-order valence-electron chi connectivity index (χ1n) is 1.75. The summed E-state index contributed by atoms with van der Waals surface area (Å²) in [6, 6.07) is -0.294. The number of rotatable bonds is 2. The second-order valence-electron chi connectivity index (χ2n) is 1.05. The second-order valence-corrected chi connectivity index (χ2v) is 1.46. The van der Waals surface area contributed by atoms with Gasteiger partial charge < -0.3 is 0 Å². The van der Waals surface area contributed by atoms with Gasteiger partial charge in [-0.25, -0.2) is 13.2 Å². The van der Waals surface area contributed by atoms with Gasteiger partial charge >= 0.3 is 0 Å². The highest BCUT2D eigenvalue weighted by molar-refractivity contribution is 6.08. The van der Waals surface area contributed by atoms with Gasteiger partial charge in [0.1, 0.15) is 0 Å². The third kappa shape index (κ3) is 2.67. The quantitative estimate of drug-likeness (QED) is 0.486. The molecule has 0 aromatic carbocycles. The van der Waals surface area contributed by atoms with E-state index in [1.54, 1.807) is 0 Å². The summed E-state index contributed by atoms with van der Waals surface area (Å²) in [6.07, 6.45) is -4.87. The minimum atomic E-state index is -2.85. The molecule has 0 spiro atoms. The van der Waals surface area contributed by atoms with Gasteiger partial charge in [-0.15, -0.1) is 0 Å². The predicted octanol–water partition coefficient (Wildman–Crippen LogP) is 1.18. The van der Waals surface area contributed by atoms with Gasteiger partial charge in [0, 0.05) is 10.2 Å². The van der Waals surface area contributed by atoms with Crippen molar-refractivity contribution >= 4 is 10.2 Å².